The van der Waals surface area contributed by atoms with Crippen molar-refractivity contribution in [3.63, 3.8) is 0 Å². The van der Waals surface area contributed by atoms with Crippen LogP contribution < -0.4 is 0 Å². The van der Waals surface area contributed by atoms with E-state index in [0.29, 0.717) is 30.3 Å². The van der Waals surface area contributed by atoms with Crippen molar-refractivity contribution in [3.8, 4) is 0 Å². The summed E-state index contributed by atoms with van der Waals surface area (Å²) in [6, 6.07) is 13.2. The SMILES string of the molecule is O=C(c1ccc(Cl)cc1)N1CC(OCc2cccc(F)c2)C1. The maximum absolute atomic E-state index is 13.1. The lowest BCUT2D eigenvalue weighted by Crippen LogP contribution is -2.54. The number of rotatable bonds is 4. The number of amides is 1. The minimum atomic E-state index is -0.269. The minimum Gasteiger partial charge on any atom is -0.370 e. The third-order valence-electron chi connectivity index (χ3n) is 3.60. The zero-order valence-corrected chi connectivity index (χ0v) is 12.6. The van der Waals surface area contributed by atoms with Crippen LogP contribution in [0.15, 0.2) is 48.5 Å². The number of nitrogens with zero attached hydrogens (tertiary/aromatic N) is 1. The number of carbonyl (C=O) groups is 1. The van der Waals surface area contributed by atoms with Crippen LogP contribution in [0.1, 0.15) is 15.9 Å². The number of ether oxygens (including phenoxy) is 1. The first-order valence-corrected chi connectivity index (χ1v) is 7.40. The number of likely N-dealkylation sites (tertiary alicyclic amines) is 1. The van der Waals surface area contributed by atoms with Crippen LogP contribution in [0.2, 0.25) is 5.02 Å². The van der Waals surface area contributed by atoms with Crippen LogP contribution in [-0.2, 0) is 11.3 Å². The highest BCUT2D eigenvalue weighted by Crippen LogP contribution is 2.19. The van der Waals surface area contributed by atoms with E-state index in [1.165, 1.54) is 12.1 Å². The molecule has 0 radical (unpaired) electrons. The highest BCUT2D eigenvalue weighted by atomic mass is 35.5. The van der Waals surface area contributed by atoms with Gasteiger partial charge in [-0.2, -0.15) is 0 Å². The second-order valence-corrected chi connectivity index (χ2v) is 5.72. The fourth-order valence-electron chi connectivity index (χ4n) is 2.33. The van der Waals surface area contributed by atoms with E-state index in [9.17, 15) is 9.18 Å². The van der Waals surface area contributed by atoms with E-state index in [1.54, 1.807) is 35.2 Å². The van der Waals surface area contributed by atoms with Gasteiger partial charge >= 0.3 is 0 Å². The molecule has 1 fully saturated rings. The van der Waals surface area contributed by atoms with Gasteiger partial charge in [0.05, 0.1) is 12.7 Å². The third-order valence-corrected chi connectivity index (χ3v) is 3.85. The Morgan fingerprint density at radius 2 is 1.95 bits per heavy atom. The largest absolute Gasteiger partial charge is 0.370 e. The lowest BCUT2D eigenvalue weighted by molar-refractivity contribution is -0.0503. The molecule has 0 bridgehead atoms. The van der Waals surface area contributed by atoms with Crippen LogP contribution in [0.4, 0.5) is 4.39 Å². The second kappa shape index (κ2) is 6.46. The van der Waals surface area contributed by atoms with Gasteiger partial charge in [0.1, 0.15) is 5.82 Å². The van der Waals surface area contributed by atoms with E-state index in [4.69, 9.17) is 16.3 Å². The van der Waals surface area contributed by atoms with Gasteiger partial charge in [-0.3, -0.25) is 4.79 Å². The minimum absolute atomic E-state index is 0.000447. The van der Waals surface area contributed by atoms with Gasteiger partial charge in [-0.25, -0.2) is 4.39 Å². The Bertz CT molecular complexity index is 669. The van der Waals surface area contributed by atoms with Gasteiger partial charge in [0, 0.05) is 23.7 Å². The van der Waals surface area contributed by atoms with E-state index < -0.39 is 0 Å². The molecule has 22 heavy (non-hydrogen) atoms. The molecular formula is C17H15ClFNO2. The molecule has 1 aliphatic rings. The van der Waals surface area contributed by atoms with Gasteiger partial charge in [-0.1, -0.05) is 23.7 Å². The third kappa shape index (κ3) is 3.46. The highest BCUT2D eigenvalue weighted by Gasteiger charge is 2.31. The van der Waals surface area contributed by atoms with Gasteiger partial charge in [0.2, 0.25) is 0 Å². The van der Waals surface area contributed by atoms with Crippen molar-refractivity contribution in [2.45, 2.75) is 12.7 Å². The number of benzene rings is 2. The number of hydrogen-bond donors (Lipinski definition) is 0. The van der Waals surface area contributed by atoms with Crippen molar-refractivity contribution >= 4 is 17.5 Å². The molecule has 5 heteroatoms. The molecule has 0 N–H and O–H groups in total. The van der Waals surface area contributed by atoms with Gasteiger partial charge in [0.15, 0.2) is 0 Å². The Labute approximate surface area is 133 Å². The monoisotopic (exact) mass is 319 g/mol. The van der Waals surface area contributed by atoms with Crippen LogP contribution in [-0.4, -0.2) is 30.0 Å². The first-order chi connectivity index (χ1) is 10.6. The number of hydrogen-bond acceptors (Lipinski definition) is 2. The molecule has 1 aliphatic heterocycles. The molecule has 0 atom stereocenters. The van der Waals surface area contributed by atoms with Crippen LogP contribution in [0.3, 0.4) is 0 Å². The smallest absolute Gasteiger partial charge is 0.254 e. The van der Waals surface area contributed by atoms with E-state index in [2.05, 4.69) is 0 Å². The first kappa shape index (κ1) is 15.0. The quantitative estimate of drug-likeness (QED) is 0.863. The topological polar surface area (TPSA) is 29.5 Å². The molecule has 1 amide bonds. The predicted octanol–water partition coefficient (Wildman–Crippen LogP) is 3.52. The Hall–Kier alpha value is -1.91. The summed E-state index contributed by atoms with van der Waals surface area (Å²) in [5.41, 5.74) is 1.41. The van der Waals surface area contributed by atoms with Gasteiger partial charge in [0.25, 0.3) is 5.91 Å². The summed E-state index contributed by atoms with van der Waals surface area (Å²) >= 11 is 5.81. The Balaban J connectivity index is 1.47. The van der Waals surface area contributed by atoms with Crippen molar-refractivity contribution in [1.29, 1.82) is 0 Å². The molecule has 0 saturated carbocycles. The van der Waals surface area contributed by atoms with Crippen molar-refractivity contribution in [3.05, 3.63) is 70.5 Å². The summed E-state index contributed by atoms with van der Waals surface area (Å²) in [6.45, 7) is 1.46. The van der Waals surface area contributed by atoms with Gasteiger partial charge in [-0.05, 0) is 42.0 Å². The average molecular weight is 320 g/mol. The molecule has 2 aromatic carbocycles. The zero-order chi connectivity index (χ0) is 15.5. The van der Waals surface area contributed by atoms with Gasteiger partial charge < -0.3 is 9.64 Å². The summed E-state index contributed by atoms with van der Waals surface area (Å²) in [6.07, 6.45) is -0.000447. The fourth-order valence-corrected chi connectivity index (χ4v) is 2.45. The van der Waals surface area contributed by atoms with Crippen molar-refractivity contribution in [2.75, 3.05) is 13.1 Å². The molecule has 114 valence electrons. The maximum Gasteiger partial charge on any atom is 0.254 e. The van der Waals surface area contributed by atoms with Crippen molar-refractivity contribution in [1.82, 2.24) is 4.90 Å². The Kier molecular flexibility index (Phi) is 4.41. The van der Waals surface area contributed by atoms with Crippen LogP contribution in [0.5, 0.6) is 0 Å². The van der Waals surface area contributed by atoms with E-state index >= 15 is 0 Å². The molecule has 3 rings (SSSR count). The molecule has 1 saturated heterocycles. The zero-order valence-electron chi connectivity index (χ0n) is 11.8. The summed E-state index contributed by atoms with van der Waals surface area (Å²) in [7, 11) is 0. The van der Waals surface area contributed by atoms with Crippen LogP contribution >= 0.6 is 11.6 Å². The van der Waals surface area contributed by atoms with E-state index in [1.807, 2.05) is 6.07 Å². The summed E-state index contributed by atoms with van der Waals surface area (Å²) < 4.78 is 18.7. The van der Waals surface area contributed by atoms with Crippen molar-refractivity contribution < 1.29 is 13.9 Å². The van der Waals surface area contributed by atoms with Crippen LogP contribution in [0.25, 0.3) is 0 Å². The fraction of sp³-hybridized carbons (Fsp3) is 0.235. The molecule has 0 spiro atoms. The summed E-state index contributed by atoms with van der Waals surface area (Å²) in [4.78, 5) is 13.9. The normalized spacial score (nSPS) is 14.7. The lowest BCUT2D eigenvalue weighted by atomic mass is 10.1. The predicted molar refractivity (Wildman–Crippen MR) is 82.3 cm³/mol. The standard InChI is InChI=1S/C17H15ClFNO2/c18-14-6-4-13(5-7-14)17(21)20-9-16(10-20)22-11-12-2-1-3-15(19)8-12/h1-8,16H,9-11H2. The lowest BCUT2D eigenvalue weighted by Gasteiger charge is -2.39. The Morgan fingerprint density at radius 1 is 1.23 bits per heavy atom. The molecule has 1 heterocycles. The molecule has 0 aliphatic carbocycles. The maximum atomic E-state index is 13.1. The first-order valence-electron chi connectivity index (χ1n) is 7.03. The van der Waals surface area contributed by atoms with E-state index in [0.717, 1.165) is 5.56 Å². The molecule has 2 aromatic rings. The molecule has 3 nitrogen and oxygen atoms in total. The average Bonchev–Trinajstić information content (AvgIpc) is 2.46. The number of carbonyl (C=O) groups excluding carboxylic acids is 1. The molecule has 0 aromatic heterocycles. The molecule has 0 unspecified atom stereocenters. The highest BCUT2D eigenvalue weighted by molar-refractivity contribution is 6.30. The number of halogens is 2. The van der Waals surface area contributed by atoms with Crippen molar-refractivity contribution in [2.24, 2.45) is 0 Å². The van der Waals surface area contributed by atoms with E-state index in [-0.39, 0.29) is 17.8 Å². The summed E-state index contributed by atoms with van der Waals surface area (Å²) in [5, 5.41) is 0.608. The summed E-state index contributed by atoms with van der Waals surface area (Å²) in [5.74, 6) is -0.295. The van der Waals surface area contributed by atoms with Crippen LogP contribution in [0, 0.1) is 5.82 Å². The van der Waals surface area contributed by atoms with Gasteiger partial charge in [-0.15, -0.1) is 0 Å². The Morgan fingerprint density at radius 3 is 2.64 bits per heavy atom. The molecular weight excluding hydrogens is 305 g/mol. The second-order valence-electron chi connectivity index (χ2n) is 5.28.